The molecule has 4 N–H and O–H groups in total. The van der Waals surface area contributed by atoms with Gasteiger partial charge in [-0.1, -0.05) is 6.92 Å². The van der Waals surface area contributed by atoms with Crippen LogP contribution in [0.4, 0.5) is 5.69 Å². The summed E-state index contributed by atoms with van der Waals surface area (Å²) in [5, 5.41) is 4.15. The number of benzene rings is 1. The fourth-order valence-electron chi connectivity index (χ4n) is 1.70. The van der Waals surface area contributed by atoms with E-state index in [0.29, 0.717) is 17.2 Å². The highest BCUT2D eigenvalue weighted by molar-refractivity contribution is 5.98. The molecular weight excluding hydrogens is 244 g/mol. The van der Waals surface area contributed by atoms with Gasteiger partial charge in [0.25, 0.3) is 5.91 Å². The number of anilines is 1. The van der Waals surface area contributed by atoms with Gasteiger partial charge in [-0.25, -0.2) is 0 Å². The molecule has 0 saturated carbocycles. The Balaban J connectivity index is 2.18. The molecule has 0 radical (unpaired) electrons. The lowest BCUT2D eigenvalue weighted by Crippen LogP contribution is -2.13. The van der Waals surface area contributed by atoms with Gasteiger partial charge in [-0.15, -0.1) is 0 Å². The van der Waals surface area contributed by atoms with Crippen molar-refractivity contribution in [3.8, 4) is 11.5 Å². The Morgan fingerprint density at radius 3 is 2.89 bits per heavy atom. The molecule has 0 aliphatic heterocycles. The first kappa shape index (κ1) is 12.9. The average molecular weight is 260 g/mol. The molecule has 0 unspecified atom stereocenters. The maximum Gasteiger partial charge on any atom is 0.250 e. The maximum atomic E-state index is 11.2. The number of ether oxygens (including phenoxy) is 1. The Hall–Kier alpha value is -2.50. The first-order chi connectivity index (χ1) is 9.10. The van der Waals surface area contributed by atoms with E-state index in [1.54, 1.807) is 29.2 Å². The number of nitrogen functional groups attached to an aromatic ring is 1. The number of aromatic nitrogens is 2. The van der Waals surface area contributed by atoms with E-state index in [-0.39, 0.29) is 5.56 Å². The van der Waals surface area contributed by atoms with Crippen molar-refractivity contribution in [2.24, 2.45) is 5.73 Å². The van der Waals surface area contributed by atoms with Crippen LogP contribution >= 0.6 is 0 Å². The number of rotatable bonds is 5. The second kappa shape index (κ2) is 5.43. The van der Waals surface area contributed by atoms with Gasteiger partial charge >= 0.3 is 0 Å². The molecule has 0 fully saturated rings. The number of hydrogen-bond donors (Lipinski definition) is 2. The quantitative estimate of drug-likeness (QED) is 0.800. The fraction of sp³-hybridized carbons (Fsp3) is 0.231. The van der Waals surface area contributed by atoms with Gasteiger partial charge in [-0.05, 0) is 24.6 Å². The van der Waals surface area contributed by atoms with E-state index in [1.807, 2.05) is 0 Å². The predicted molar refractivity (Wildman–Crippen MR) is 72.0 cm³/mol. The van der Waals surface area contributed by atoms with E-state index in [2.05, 4.69) is 12.0 Å². The first-order valence-electron chi connectivity index (χ1n) is 5.99. The summed E-state index contributed by atoms with van der Waals surface area (Å²) in [4.78, 5) is 11.2. The molecule has 2 rings (SSSR count). The lowest BCUT2D eigenvalue weighted by Gasteiger charge is -2.06. The van der Waals surface area contributed by atoms with Gasteiger partial charge in [0.2, 0.25) is 0 Å². The third-order valence-corrected chi connectivity index (χ3v) is 2.59. The standard InChI is InChI=1S/C13H16N4O2/c1-2-5-17-8-10(7-16-17)19-9-3-4-12(14)11(6-9)13(15)18/h3-4,6-8H,2,5,14H2,1H3,(H2,15,18). The van der Waals surface area contributed by atoms with Crippen LogP contribution in [0.3, 0.4) is 0 Å². The number of amides is 1. The zero-order chi connectivity index (χ0) is 13.8. The molecule has 1 aromatic heterocycles. The van der Waals surface area contributed by atoms with Crippen molar-refractivity contribution in [1.29, 1.82) is 0 Å². The van der Waals surface area contributed by atoms with Crippen molar-refractivity contribution in [1.82, 2.24) is 9.78 Å². The normalized spacial score (nSPS) is 10.4. The lowest BCUT2D eigenvalue weighted by molar-refractivity contribution is 0.100. The van der Waals surface area contributed by atoms with E-state index < -0.39 is 5.91 Å². The van der Waals surface area contributed by atoms with Crippen molar-refractivity contribution in [2.45, 2.75) is 19.9 Å². The van der Waals surface area contributed by atoms with Crippen LogP contribution in [0, 0.1) is 0 Å². The molecule has 0 aliphatic rings. The smallest absolute Gasteiger partial charge is 0.250 e. The number of nitrogens with two attached hydrogens (primary N) is 2. The molecule has 1 amide bonds. The average Bonchev–Trinajstić information content (AvgIpc) is 2.79. The third kappa shape index (κ3) is 3.04. The zero-order valence-electron chi connectivity index (χ0n) is 10.7. The third-order valence-electron chi connectivity index (χ3n) is 2.59. The molecule has 6 heteroatoms. The van der Waals surface area contributed by atoms with Gasteiger partial charge in [0.15, 0.2) is 5.75 Å². The molecule has 0 aliphatic carbocycles. The van der Waals surface area contributed by atoms with Crippen LogP contribution in [0.15, 0.2) is 30.6 Å². The maximum absolute atomic E-state index is 11.2. The van der Waals surface area contributed by atoms with Crippen molar-refractivity contribution < 1.29 is 9.53 Å². The largest absolute Gasteiger partial charge is 0.454 e. The monoisotopic (exact) mass is 260 g/mol. The highest BCUT2D eigenvalue weighted by Crippen LogP contribution is 2.24. The summed E-state index contributed by atoms with van der Waals surface area (Å²) in [6, 6.07) is 4.79. The van der Waals surface area contributed by atoms with Gasteiger partial charge in [-0.3, -0.25) is 9.48 Å². The Bertz CT molecular complexity index is 592. The number of nitrogens with zero attached hydrogens (tertiary/aromatic N) is 2. The van der Waals surface area contributed by atoms with E-state index in [9.17, 15) is 4.79 Å². The van der Waals surface area contributed by atoms with E-state index in [0.717, 1.165) is 13.0 Å². The summed E-state index contributed by atoms with van der Waals surface area (Å²) in [5.74, 6) is 0.525. The molecule has 6 nitrogen and oxygen atoms in total. The number of aryl methyl sites for hydroxylation is 1. The molecule has 0 bridgehead atoms. The minimum atomic E-state index is -0.579. The molecule has 100 valence electrons. The number of carbonyl (C=O) groups excluding carboxylic acids is 1. The van der Waals surface area contributed by atoms with Crippen LogP contribution < -0.4 is 16.2 Å². The minimum Gasteiger partial charge on any atom is -0.454 e. The molecule has 0 atom stereocenters. The molecule has 1 aromatic carbocycles. The highest BCUT2D eigenvalue weighted by atomic mass is 16.5. The Morgan fingerprint density at radius 1 is 1.42 bits per heavy atom. The first-order valence-corrected chi connectivity index (χ1v) is 5.99. The van der Waals surface area contributed by atoms with Crippen molar-refractivity contribution in [2.75, 3.05) is 5.73 Å². The molecule has 0 saturated heterocycles. The molecule has 1 heterocycles. The van der Waals surface area contributed by atoms with Crippen molar-refractivity contribution in [3.63, 3.8) is 0 Å². The van der Waals surface area contributed by atoms with Crippen LogP contribution in [0.25, 0.3) is 0 Å². The molecular formula is C13H16N4O2. The number of hydrogen-bond acceptors (Lipinski definition) is 4. The summed E-state index contributed by atoms with van der Waals surface area (Å²) >= 11 is 0. The second-order valence-electron chi connectivity index (χ2n) is 4.15. The highest BCUT2D eigenvalue weighted by Gasteiger charge is 2.08. The summed E-state index contributed by atoms with van der Waals surface area (Å²) < 4.78 is 7.40. The summed E-state index contributed by atoms with van der Waals surface area (Å²) in [5.41, 5.74) is 11.5. The Labute approximate surface area is 111 Å². The van der Waals surface area contributed by atoms with E-state index in [1.165, 1.54) is 6.07 Å². The summed E-state index contributed by atoms with van der Waals surface area (Å²) in [6.45, 7) is 2.90. The Kier molecular flexibility index (Phi) is 3.70. The van der Waals surface area contributed by atoms with Crippen LogP contribution in [0.5, 0.6) is 11.5 Å². The molecule has 2 aromatic rings. The van der Waals surface area contributed by atoms with E-state index in [4.69, 9.17) is 16.2 Å². The van der Waals surface area contributed by atoms with Crippen molar-refractivity contribution in [3.05, 3.63) is 36.2 Å². The minimum absolute atomic E-state index is 0.249. The molecule has 19 heavy (non-hydrogen) atoms. The van der Waals surface area contributed by atoms with Crippen LogP contribution in [0.1, 0.15) is 23.7 Å². The fourth-order valence-corrected chi connectivity index (χ4v) is 1.70. The van der Waals surface area contributed by atoms with Gasteiger partial charge in [-0.2, -0.15) is 5.10 Å². The van der Waals surface area contributed by atoms with Gasteiger partial charge in [0.05, 0.1) is 18.0 Å². The Morgan fingerprint density at radius 2 is 2.21 bits per heavy atom. The van der Waals surface area contributed by atoms with Gasteiger partial charge in [0, 0.05) is 12.2 Å². The molecule has 0 spiro atoms. The summed E-state index contributed by atoms with van der Waals surface area (Å²) in [6.07, 6.45) is 4.41. The van der Waals surface area contributed by atoms with Crippen molar-refractivity contribution >= 4 is 11.6 Å². The van der Waals surface area contributed by atoms with E-state index >= 15 is 0 Å². The second-order valence-corrected chi connectivity index (χ2v) is 4.15. The predicted octanol–water partition coefficient (Wildman–Crippen LogP) is 1.77. The van der Waals surface area contributed by atoms with Gasteiger partial charge in [0.1, 0.15) is 5.75 Å². The van der Waals surface area contributed by atoms with Crippen LogP contribution in [-0.2, 0) is 6.54 Å². The zero-order valence-corrected chi connectivity index (χ0v) is 10.7. The van der Waals surface area contributed by atoms with Crippen LogP contribution in [0.2, 0.25) is 0 Å². The lowest BCUT2D eigenvalue weighted by atomic mass is 10.1. The number of carbonyl (C=O) groups is 1. The topological polar surface area (TPSA) is 96.2 Å². The summed E-state index contributed by atoms with van der Waals surface area (Å²) in [7, 11) is 0. The van der Waals surface area contributed by atoms with Gasteiger partial charge < -0.3 is 16.2 Å². The number of primary amides is 1. The SMILES string of the molecule is CCCn1cc(Oc2ccc(N)c(C(N)=O)c2)cn1. The van der Waals surface area contributed by atoms with Crippen LogP contribution in [-0.4, -0.2) is 15.7 Å².